The van der Waals surface area contributed by atoms with E-state index in [0.717, 1.165) is 17.0 Å². The van der Waals surface area contributed by atoms with Gasteiger partial charge in [0.2, 0.25) is 0 Å². The largest absolute Gasteiger partial charge is 0.398 e. The van der Waals surface area contributed by atoms with E-state index in [1.165, 1.54) is 22.3 Å². The maximum atomic E-state index is 6.40. The van der Waals surface area contributed by atoms with Gasteiger partial charge < -0.3 is 10.0 Å². The highest BCUT2D eigenvalue weighted by Gasteiger charge is 2.30. The second kappa shape index (κ2) is 8.29. The topological polar surface area (TPSA) is 29.3 Å². The van der Waals surface area contributed by atoms with E-state index in [-0.39, 0.29) is 6.04 Å². The molecule has 0 aromatic heterocycles. The Bertz CT molecular complexity index is 1200. The summed E-state index contributed by atoms with van der Waals surface area (Å²) in [4.78, 5) is 0. The quantitative estimate of drug-likeness (QED) is 0.384. The van der Waals surface area contributed by atoms with Crippen molar-refractivity contribution in [3.8, 4) is 0 Å². The molecule has 0 amide bonds. The van der Waals surface area contributed by atoms with Gasteiger partial charge in [-0.3, -0.25) is 0 Å². The molecule has 1 unspecified atom stereocenters. The Hall–Kier alpha value is -3.17. The number of hydrogen-bond donors (Lipinski definition) is 1. The molecule has 0 saturated carbocycles. The molecule has 0 aliphatic carbocycles. The number of hydrogen-bond acceptors (Lipinski definition) is 2. The lowest BCUT2D eigenvalue weighted by Crippen LogP contribution is -2.26. The summed E-state index contributed by atoms with van der Waals surface area (Å²) in [5, 5.41) is 0. The van der Waals surface area contributed by atoms with Crippen molar-refractivity contribution in [2.45, 2.75) is 18.7 Å². The molecule has 152 valence electrons. The Labute approximate surface area is 180 Å². The van der Waals surface area contributed by atoms with Crippen LogP contribution in [0.15, 0.2) is 91.1 Å². The van der Waals surface area contributed by atoms with E-state index < -0.39 is 9.39 Å². The van der Waals surface area contributed by atoms with Crippen LogP contribution >= 0.6 is 9.39 Å². The van der Waals surface area contributed by atoms with E-state index in [1.807, 2.05) is 24.3 Å². The minimum Gasteiger partial charge on any atom is -0.398 e. The fourth-order valence-corrected chi connectivity index (χ4v) is 6.08. The van der Waals surface area contributed by atoms with E-state index >= 15 is 0 Å². The van der Waals surface area contributed by atoms with Gasteiger partial charge in [-0.05, 0) is 41.3 Å². The van der Waals surface area contributed by atoms with Gasteiger partial charge in [0.15, 0.2) is 0 Å². The first-order valence-electron chi connectivity index (χ1n) is 10.1. The second-order valence-corrected chi connectivity index (χ2v) is 10.4. The molecule has 0 radical (unpaired) electrons. The SMILES string of the molecule is C=S(=C)(Cc1ccccc1)N1C=Cc2ccccc2C1/C(=C/C)c1ccccc1N. The molecular formula is C27H28N2S. The number of rotatable bonds is 5. The van der Waals surface area contributed by atoms with Crippen LogP contribution < -0.4 is 5.73 Å². The van der Waals surface area contributed by atoms with Crippen molar-refractivity contribution in [2.24, 2.45) is 0 Å². The van der Waals surface area contributed by atoms with E-state index in [2.05, 4.69) is 95.9 Å². The highest BCUT2D eigenvalue weighted by atomic mass is 32.2. The molecule has 0 bridgehead atoms. The number of allylic oxidation sites excluding steroid dienone is 1. The first-order valence-corrected chi connectivity index (χ1v) is 12.2. The van der Waals surface area contributed by atoms with Crippen molar-refractivity contribution in [1.82, 2.24) is 4.31 Å². The molecule has 3 aromatic rings. The number of para-hydroxylation sites is 1. The standard InChI is InChI=1S/C27H28N2S/c1-4-23(25-16-10-11-17-26(25)28)27-24-15-9-8-14-22(24)18-19-29(27)30(2,3)20-21-12-6-5-7-13-21/h4-19,27H,2-3,20,28H2,1H3/b23-4+. The van der Waals surface area contributed by atoms with Crippen LogP contribution in [0.4, 0.5) is 5.69 Å². The van der Waals surface area contributed by atoms with Crippen molar-refractivity contribution in [2.75, 3.05) is 5.73 Å². The van der Waals surface area contributed by atoms with Crippen molar-refractivity contribution in [3.63, 3.8) is 0 Å². The van der Waals surface area contributed by atoms with Gasteiger partial charge in [-0.1, -0.05) is 90.6 Å². The van der Waals surface area contributed by atoms with Gasteiger partial charge in [0.1, 0.15) is 0 Å². The monoisotopic (exact) mass is 412 g/mol. The lowest BCUT2D eigenvalue weighted by molar-refractivity contribution is 0.545. The minimum absolute atomic E-state index is 0.00890. The predicted octanol–water partition coefficient (Wildman–Crippen LogP) is 6.48. The normalized spacial score (nSPS) is 16.4. The Morgan fingerprint density at radius 1 is 0.967 bits per heavy atom. The fourth-order valence-electron chi connectivity index (χ4n) is 4.13. The molecule has 4 rings (SSSR count). The number of anilines is 1. The van der Waals surface area contributed by atoms with Crippen molar-refractivity contribution in [3.05, 3.63) is 113 Å². The van der Waals surface area contributed by atoms with Gasteiger partial charge in [-0.25, -0.2) is 0 Å². The summed E-state index contributed by atoms with van der Waals surface area (Å²) in [5.41, 5.74) is 13.2. The summed E-state index contributed by atoms with van der Waals surface area (Å²) < 4.78 is 2.37. The first-order chi connectivity index (χ1) is 14.5. The highest BCUT2D eigenvalue weighted by molar-refractivity contribution is 8.25. The van der Waals surface area contributed by atoms with Crippen LogP contribution in [-0.2, 0) is 5.75 Å². The Kier molecular flexibility index (Phi) is 5.56. The molecule has 1 heterocycles. The third-order valence-electron chi connectivity index (χ3n) is 5.55. The zero-order valence-electron chi connectivity index (χ0n) is 17.4. The summed E-state index contributed by atoms with van der Waals surface area (Å²) in [5.74, 6) is 10.1. The molecular weight excluding hydrogens is 384 g/mol. The highest BCUT2D eigenvalue weighted by Crippen LogP contribution is 2.49. The van der Waals surface area contributed by atoms with E-state index in [9.17, 15) is 0 Å². The van der Waals surface area contributed by atoms with E-state index in [0.29, 0.717) is 0 Å². The fraction of sp³-hybridized carbons (Fsp3) is 0.111. The first kappa shape index (κ1) is 20.1. The van der Waals surface area contributed by atoms with Gasteiger partial charge in [-0.2, -0.15) is 0 Å². The number of nitrogen functional groups attached to an aromatic ring is 1. The van der Waals surface area contributed by atoms with Gasteiger partial charge in [0.25, 0.3) is 0 Å². The summed E-state index contributed by atoms with van der Waals surface area (Å²) in [6, 6.07) is 27.2. The van der Waals surface area contributed by atoms with Crippen molar-refractivity contribution >= 4 is 38.5 Å². The molecule has 2 N–H and O–H groups in total. The number of nitrogens with two attached hydrogens (primary N) is 1. The van der Waals surface area contributed by atoms with Gasteiger partial charge in [0, 0.05) is 23.2 Å². The summed E-state index contributed by atoms with van der Waals surface area (Å²) >= 11 is 0. The summed E-state index contributed by atoms with van der Waals surface area (Å²) in [6.45, 7) is 2.08. The van der Waals surface area contributed by atoms with Crippen LogP contribution in [0.25, 0.3) is 11.6 Å². The van der Waals surface area contributed by atoms with Gasteiger partial charge >= 0.3 is 0 Å². The Morgan fingerprint density at radius 3 is 2.37 bits per heavy atom. The van der Waals surface area contributed by atoms with Crippen molar-refractivity contribution in [1.29, 1.82) is 0 Å². The molecule has 30 heavy (non-hydrogen) atoms. The average Bonchev–Trinajstić information content (AvgIpc) is 2.76. The van der Waals surface area contributed by atoms with Crippen LogP contribution in [-0.4, -0.2) is 16.0 Å². The minimum atomic E-state index is -1.64. The molecule has 1 aliphatic heterocycles. The molecule has 1 atom stereocenters. The van der Waals surface area contributed by atoms with Crippen LogP contribution in [0.1, 0.15) is 35.2 Å². The number of fused-ring (bicyclic) bond motifs is 1. The maximum absolute atomic E-state index is 6.40. The third-order valence-corrected chi connectivity index (χ3v) is 7.65. The zero-order valence-corrected chi connectivity index (χ0v) is 18.2. The third kappa shape index (κ3) is 3.81. The maximum Gasteiger partial charge on any atom is 0.0898 e. The van der Waals surface area contributed by atoms with E-state index in [1.54, 1.807) is 0 Å². The van der Waals surface area contributed by atoms with Crippen molar-refractivity contribution < 1.29 is 0 Å². The Balaban J connectivity index is 1.85. The van der Waals surface area contributed by atoms with Crippen LogP contribution in [0.3, 0.4) is 0 Å². The second-order valence-electron chi connectivity index (χ2n) is 7.67. The summed E-state index contributed by atoms with van der Waals surface area (Å²) in [6.07, 6.45) is 6.53. The number of benzene rings is 3. The lowest BCUT2D eigenvalue weighted by Gasteiger charge is -2.42. The van der Waals surface area contributed by atoms with Gasteiger partial charge in [-0.15, -0.1) is 9.39 Å². The average molecular weight is 413 g/mol. The zero-order chi connectivity index (χ0) is 21.1. The van der Waals surface area contributed by atoms with Crippen LogP contribution in [0.2, 0.25) is 0 Å². The lowest BCUT2D eigenvalue weighted by atomic mass is 9.88. The molecule has 1 aliphatic rings. The van der Waals surface area contributed by atoms with Crippen LogP contribution in [0.5, 0.6) is 0 Å². The number of nitrogens with zero attached hydrogens (tertiary/aromatic N) is 1. The predicted molar refractivity (Wildman–Crippen MR) is 137 cm³/mol. The molecule has 2 nitrogen and oxygen atoms in total. The molecule has 3 aromatic carbocycles. The smallest absolute Gasteiger partial charge is 0.0898 e. The summed E-state index contributed by atoms with van der Waals surface area (Å²) in [7, 11) is -1.64. The molecule has 0 spiro atoms. The molecule has 0 fully saturated rings. The molecule has 3 heteroatoms. The Morgan fingerprint density at radius 2 is 1.63 bits per heavy atom. The van der Waals surface area contributed by atoms with Crippen LogP contribution in [0, 0.1) is 0 Å². The van der Waals surface area contributed by atoms with Gasteiger partial charge in [0.05, 0.1) is 6.04 Å². The van der Waals surface area contributed by atoms with E-state index in [4.69, 9.17) is 5.73 Å². The molecule has 0 saturated heterocycles.